The molecule has 0 aliphatic heterocycles. The van der Waals surface area contributed by atoms with Crippen molar-refractivity contribution in [3.63, 3.8) is 0 Å². The maximum absolute atomic E-state index is 12.7. The van der Waals surface area contributed by atoms with Crippen LogP contribution in [0.2, 0.25) is 0 Å². The normalized spacial score (nSPS) is 13.7. The molecule has 3 unspecified atom stereocenters. The Balaban J connectivity index is 4.02. The monoisotopic (exact) mass is 876 g/mol. The quantitative estimate of drug-likeness (QED) is 0.0306. The lowest BCUT2D eigenvalue weighted by atomic mass is 10.0. The molecule has 0 fully saturated rings. The molecule has 0 radical (unpaired) electrons. The van der Waals surface area contributed by atoms with E-state index in [1.54, 1.807) is 0 Å². The van der Waals surface area contributed by atoms with E-state index in [0.717, 1.165) is 38.5 Å². The number of unbranched alkanes of at least 4 members (excludes halogenated alkanes) is 36. The average molecular weight is 876 g/mol. The third-order valence-corrected chi connectivity index (χ3v) is 12.6. The molecule has 0 saturated carbocycles. The first-order chi connectivity index (χ1) is 29.2. The minimum absolute atomic E-state index is 0.0263. The number of phosphoric ester groups is 1. The van der Waals surface area contributed by atoms with Crippen LogP contribution in [0.4, 0.5) is 0 Å². The summed E-state index contributed by atoms with van der Waals surface area (Å²) < 4.78 is 33.5. The maximum atomic E-state index is 12.7. The SMILES string of the molecule is CCCCCCCCCCCCCCCCCCCCCCCCCCOCC(COP(=O)(O)OCC(N)C(=O)O)OC(=O)CCCCCCCCCCCCCCCC. The summed E-state index contributed by atoms with van der Waals surface area (Å²) >= 11 is 0. The Morgan fingerprint density at radius 2 is 0.767 bits per heavy atom. The summed E-state index contributed by atoms with van der Waals surface area (Å²) in [5.41, 5.74) is 5.37. The predicted molar refractivity (Wildman–Crippen MR) is 249 cm³/mol. The molecule has 0 rings (SSSR count). The van der Waals surface area contributed by atoms with E-state index in [0.29, 0.717) is 6.61 Å². The standard InChI is InChI=1S/C49H98NO9P/c1-3-5-7-9-11-13-15-17-19-20-21-22-23-24-25-26-27-28-30-32-34-36-38-40-42-56-43-46(44-57-60(54,55)58-45-47(50)49(52)53)59-48(51)41-39-37-35-33-31-29-18-16-14-12-10-8-6-4-2/h46-47H,3-45,50H2,1-2H3,(H,52,53)(H,54,55). The number of esters is 1. The number of carboxylic acid groups (broad SMARTS) is 1. The smallest absolute Gasteiger partial charge is 0.472 e. The summed E-state index contributed by atoms with van der Waals surface area (Å²) in [6, 6.07) is -1.47. The Labute approximate surface area is 370 Å². The zero-order chi connectivity index (χ0) is 44.0. The van der Waals surface area contributed by atoms with Crippen molar-refractivity contribution in [3.8, 4) is 0 Å². The third-order valence-electron chi connectivity index (χ3n) is 11.6. The zero-order valence-corrected chi connectivity index (χ0v) is 40.2. The number of carbonyl (C=O) groups excluding carboxylic acids is 1. The van der Waals surface area contributed by atoms with Gasteiger partial charge in [0.25, 0.3) is 0 Å². The Morgan fingerprint density at radius 3 is 1.10 bits per heavy atom. The molecule has 0 bridgehead atoms. The van der Waals surface area contributed by atoms with Crippen LogP contribution in [0.25, 0.3) is 0 Å². The van der Waals surface area contributed by atoms with Crippen molar-refractivity contribution >= 4 is 19.8 Å². The molecule has 0 heterocycles. The molecule has 0 aliphatic carbocycles. The van der Waals surface area contributed by atoms with Crippen molar-refractivity contribution < 1.29 is 42.7 Å². The lowest BCUT2D eigenvalue weighted by Gasteiger charge is -2.20. The highest BCUT2D eigenvalue weighted by Crippen LogP contribution is 2.43. The number of aliphatic carboxylic acids is 1. The van der Waals surface area contributed by atoms with E-state index in [-0.39, 0.29) is 13.0 Å². The van der Waals surface area contributed by atoms with Crippen LogP contribution >= 0.6 is 7.82 Å². The second kappa shape index (κ2) is 46.0. The molecular formula is C49H98NO9P. The van der Waals surface area contributed by atoms with E-state index < -0.39 is 45.1 Å². The van der Waals surface area contributed by atoms with Gasteiger partial charge in [0.15, 0.2) is 0 Å². The van der Waals surface area contributed by atoms with Gasteiger partial charge in [-0.3, -0.25) is 18.6 Å². The summed E-state index contributed by atoms with van der Waals surface area (Å²) in [4.78, 5) is 33.6. The van der Waals surface area contributed by atoms with Crippen molar-refractivity contribution in [3.05, 3.63) is 0 Å². The number of hydrogen-bond donors (Lipinski definition) is 3. The van der Waals surface area contributed by atoms with E-state index >= 15 is 0 Å². The van der Waals surface area contributed by atoms with Gasteiger partial charge in [-0.1, -0.05) is 245 Å². The summed E-state index contributed by atoms with van der Waals surface area (Å²) in [5.74, 6) is -1.76. The molecular weight excluding hydrogens is 778 g/mol. The minimum Gasteiger partial charge on any atom is -0.480 e. The summed E-state index contributed by atoms with van der Waals surface area (Å²) in [6.07, 6.45) is 48.8. The molecule has 3 atom stereocenters. The Kier molecular flexibility index (Phi) is 45.2. The fraction of sp³-hybridized carbons (Fsp3) is 0.959. The lowest BCUT2D eigenvalue weighted by molar-refractivity contribution is -0.154. The van der Waals surface area contributed by atoms with Gasteiger partial charge in [-0.05, 0) is 12.8 Å². The lowest BCUT2D eigenvalue weighted by Crippen LogP contribution is -2.34. The molecule has 60 heavy (non-hydrogen) atoms. The van der Waals surface area contributed by atoms with E-state index in [4.69, 9.17) is 29.4 Å². The van der Waals surface area contributed by atoms with Crippen LogP contribution in [0.5, 0.6) is 0 Å². The van der Waals surface area contributed by atoms with Crippen LogP contribution in [0.3, 0.4) is 0 Å². The number of carboxylic acids is 1. The van der Waals surface area contributed by atoms with Crippen molar-refractivity contribution in [2.75, 3.05) is 26.4 Å². The average Bonchev–Trinajstić information content (AvgIpc) is 3.23. The van der Waals surface area contributed by atoms with E-state index in [1.165, 1.54) is 205 Å². The molecule has 0 aromatic rings. The number of nitrogens with two attached hydrogens (primary N) is 1. The van der Waals surface area contributed by atoms with Crippen molar-refractivity contribution in [2.24, 2.45) is 5.73 Å². The first kappa shape index (κ1) is 59.0. The van der Waals surface area contributed by atoms with Gasteiger partial charge < -0.3 is 25.2 Å². The summed E-state index contributed by atoms with van der Waals surface area (Å²) in [6.45, 7) is 3.95. The first-order valence-electron chi connectivity index (χ1n) is 25.6. The summed E-state index contributed by atoms with van der Waals surface area (Å²) in [5, 5.41) is 8.92. The van der Waals surface area contributed by atoms with Crippen LogP contribution in [-0.4, -0.2) is 60.5 Å². The van der Waals surface area contributed by atoms with Crippen LogP contribution in [0.1, 0.15) is 264 Å². The number of carbonyl (C=O) groups is 2. The highest BCUT2D eigenvalue weighted by molar-refractivity contribution is 7.47. The second-order valence-corrected chi connectivity index (χ2v) is 19.1. The molecule has 0 aromatic heterocycles. The van der Waals surface area contributed by atoms with Crippen molar-refractivity contribution in [2.45, 2.75) is 276 Å². The number of hydrogen-bond acceptors (Lipinski definition) is 8. The highest BCUT2D eigenvalue weighted by Gasteiger charge is 2.27. The topological polar surface area (TPSA) is 155 Å². The Bertz CT molecular complexity index is 971. The highest BCUT2D eigenvalue weighted by atomic mass is 31.2. The molecule has 0 aliphatic rings. The molecule has 0 aromatic carbocycles. The van der Waals surface area contributed by atoms with E-state index in [2.05, 4.69) is 13.8 Å². The Hall–Kier alpha value is -1.03. The van der Waals surface area contributed by atoms with Gasteiger partial charge in [0.05, 0.1) is 19.8 Å². The van der Waals surface area contributed by atoms with Gasteiger partial charge >= 0.3 is 19.8 Å². The minimum atomic E-state index is -4.61. The second-order valence-electron chi connectivity index (χ2n) is 17.7. The fourth-order valence-corrected chi connectivity index (χ4v) is 8.44. The third kappa shape index (κ3) is 45.0. The zero-order valence-electron chi connectivity index (χ0n) is 39.3. The van der Waals surface area contributed by atoms with Crippen LogP contribution in [-0.2, 0) is 32.7 Å². The predicted octanol–water partition coefficient (Wildman–Crippen LogP) is 14.7. The number of phosphoric acid groups is 1. The largest absolute Gasteiger partial charge is 0.480 e. The van der Waals surface area contributed by atoms with E-state index in [9.17, 15) is 19.0 Å². The molecule has 4 N–H and O–H groups in total. The van der Waals surface area contributed by atoms with Crippen molar-refractivity contribution in [1.29, 1.82) is 0 Å². The van der Waals surface area contributed by atoms with Crippen molar-refractivity contribution in [1.82, 2.24) is 0 Å². The van der Waals surface area contributed by atoms with Crippen LogP contribution in [0, 0.1) is 0 Å². The summed E-state index contributed by atoms with van der Waals surface area (Å²) in [7, 11) is -4.61. The van der Waals surface area contributed by atoms with Gasteiger partial charge in [-0.15, -0.1) is 0 Å². The molecule has 10 nitrogen and oxygen atoms in total. The molecule has 11 heteroatoms. The maximum Gasteiger partial charge on any atom is 0.472 e. The van der Waals surface area contributed by atoms with Gasteiger partial charge in [0.2, 0.25) is 0 Å². The fourth-order valence-electron chi connectivity index (χ4n) is 7.67. The molecule has 358 valence electrons. The number of rotatable bonds is 50. The molecule has 0 amide bonds. The van der Waals surface area contributed by atoms with E-state index in [1.807, 2.05) is 0 Å². The Morgan fingerprint density at radius 1 is 0.467 bits per heavy atom. The van der Waals surface area contributed by atoms with Gasteiger partial charge in [-0.25, -0.2) is 4.57 Å². The first-order valence-corrected chi connectivity index (χ1v) is 27.1. The molecule has 0 saturated heterocycles. The van der Waals surface area contributed by atoms with Gasteiger partial charge in [0.1, 0.15) is 12.1 Å². The van der Waals surface area contributed by atoms with Crippen LogP contribution < -0.4 is 5.73 Å². The number of ether oxygens (including phenoxy) is 2. The van der Waals surface area contributed by atoms with Crippen LogP contribution in [0.15, 0.2) is 0 Å². The molecule has 0 spiro atoms. The van der Waals surface area contributed by atoms with Gasteiger partial charge in [0, 0.05) is 13.0 Å². The van der Waals surface area contributed by atoms with Gasteiger partial charge in [-0.2, -0.15) is 0 Å².